The highest BCUT2D eigenvalue weighted by atomic mass is 16.7. The maximum atomic E-state index is 13.0. The average molecular weight is 345 g/mol. The lowest BCUT2D eigenvalue weighted by molar-refractivity contribution is -0.182. The number of rotatable bonds is 5. The standard InChI is InChI=1S/C19H27N3O3/c23-18-19(7-11-22(18)14-16-4-1-2-8-20-16)6-10-21(15-19)9-5-17-24-12-3-13-25-17/h1-2,4,8,17H,3,5-7,9-15H2. The molecular formula is C19H27N3O3. The minimum absolute atomic E-state index is 0.0646. The lowest BCUT2D eigenvalue weighted by Crippen LogP contribution is -2.37. The first kappa shape index (κ1) is 16.9. The fraction of sp³-hybridized carbons (Fsp3) is 0.684. The largest absolute Gasteiger partial charge is 0.353 e. The highest BCUT2D eigenvalue weighted by Crippen LogP contribution is 2.41. The van der Waals surface area contributed by atoms with Crippen molar-refractivity contribution in [1.29, 1.82) is 0 Å². The topological polar surface area (TPSA) is 54.9 Å². The van der Waals surface area contributed by atoms with Crippen LogP contribution in [0.4, 0.5) is 0 Å². The summed E-state index contributed by atoms with van der Waals surface area (Å²) in [6.07, 6.45) is 5.54. The Morgan fingerprint density at radius 2 is 2.04 bits per heavy atom. The van der Waals surface area contributed by atoms with E-state index in [2.05, 4.69) is 9.88 Å². The third-order valence-corrected chi connectivity index (χ3v) is 5.69. The molecule has 0 radical (unpaired) electrons. The van der Waals surface area contributed by atoms with E-state index in [4.69, 9.17) is 9.47 Å². The molecule has 25 heavy (non-hydrogen) atoms. The second-order valence-electron chi connectivity index (χ2n) is 7.42. The number of likely N-dealkylation sites (tertiary alicyclic amines) is 2. The van der Waals surface area contributed by atoms with Crippen molar-refractivity contribution in [1.82, 2.24) is 14.8 Å². The number of carbonyl (C=O) groups is 1. The van der Waals surface area contributed by atoms with E-state index in [0.29, 0.717) is 12.5 Å². The van der Waals surface area contributed by atoms with Crippen LogP contribution >= 0.6 is 0 Å². The minimum atomic E-state index is -0.178. The number of nitrogens with zero attached hydrogens (tertiary/aromatic N) is 3. The summed E-state index contributed by atoms with van der Waals surface area (Å²) >= 11 is 0. The Bertz CT molecular complexity index is 591. The van der Waals surface area contributed by atoms with Crippen LogP contribution in [0.15, 0.2) is 24.4 Å². The molecule has 0 aliphatic carbocycles. The average Bonchev–Trinajstić information content (AvgIpc) is 3.21. The lowest BCUT2D eigenvalue weighted by Gasteiger charge is -2.26. The second kappa shape index (κ2) is 7.40. The van der Waals surface area contributed by atoms with Gasteiger partial charge in [0.1, 0.15) is 0 Å². The summed E-state index contributed by atoms with van der Waals surface area (Å²) in [5.74, 6) is 0.311. The third kappa shape index (κ3) is 3.71. The van der Waals surface area contributed by atoms with E-state index < -0.39 is 0 Å². The highest BCUT2D eigenvalue weighted by molar-refractivity contribution is 5.85. The van der Waals surface area contributed by atoms with Crippen LogP contribution in [0, 0.1) is 5.41 Å². The van der Waals surface area contributed by atoms with Gasteiger partial charge in [0.15, 0.2) is 6.29 Å². The van der Waals surface area contributed by atoms with Crippen LogP contribution in [0.2, 0.25) is 0 Å². The van der Waals surface area contributed by atoms with Gasteiger partial charge in [0.2, 0.25) is 5.91 Å². The molecule has 1 aromatic heterocycles. The number of aromatic nitrogens is 1. The summed E-state index contributed by atoms with van der Waals surface area (Å²) in [7, 11) is 0. The molecule has 1 aromatic rings. The molecule has 6 heteroatoms. The van der Waals surface area contributed by atoms with Gasteiger partial charge in [-0.05, 0) is 37.9 Å². The second-order valence-corrected chi connectivity index (χ2v) is 7.42. The minimum Gasteiger partial charge on any atom is -0.353 e. The van der Waals surface area contributed by atoms with Gasteiger partial charge in [-0.1, -0.05) is 6.07 Å². The smallest absolute Gasteiger partial charge is 0.230 e. The normalized spacial score (nSPS) is 28.3. The van der Waals surface area contributed by atoms with E-state index in [1.165, 1.54) is 0 Å². The van der Waals surface area contributed by atoms with Gasteiger partial charge in [0.05, 0.1) is 30.9 Å². The quantitative estimate of drug-likeness (QED) is 0.812. The SMILES string of the molecule is O=C1N(Cc2ccccn2)CCC12CCN(CCC1OCCCO1)C2. The van der Waals surface area contributed by atoms with Crippen LogP contribution in [0.3, 0.4) is 0 Å². The van der Waals surface area contributed by atoms with E-state index in [1.807, 2.05) is 23.1 Å². The van der Waals surface area contributed by atoms with Crippen molar-refractivity contribution in [3.8, 4) is 0 Å². The van der Waals surface area contributed by atoms with E-state index in [9.17, 15) is 4.79 Å². The van der Waals surface area contributed by atoms with Gasteiger partial charge in [-0.2, -0.15) is 0 Å². The molecule has 1 atom stereocenters. The zero-order chi connectivity index (χ0) is 17.1. The number of ether oxygens (including phenoxy) is 2. The predicted octanol–water partition coefficient (Wildman–Crippen LogP) is 1.66. The first-order valence-corrected chi connectivity index (χ1v) is 9.40. The molecule has 3 aliphatic heterocycles. The fourth-order valence-electron chi connectivity index (χ4n) is 4.25. The number of amides is 1. The first-order valence-electron chi connectivity index (χ1n) is 9.40. The number of hydrogen-bond donors (Lipinski definition) is 0. The van der Waals surface area contributed by atoms with Gasteiger partial charge in [-0.15, -0.1) is 0 Å². The molecule has 0 saturated carbocycles. The van der Waals surface area contributed by atoms with E-state index in [1.54, 1.807) is 6.20 Å². The van der Waals surface area contributed by atoms with E-state index in [0.717, 1.165) is 70.8 Å². The molecular weight excluding hydrogens is 318 g/mol. The van der Waals surface area contributed by atoms with Gasteiger partial charge in [-0.3, -0.25) is 9.78 Å². The Hall–Kier alpha value is -1.50. The molecule has 1 spiro atoms. The Morgan fingerprint density at radius 1 is 1.20 bits per heavy atom. The number of carbonyl (C=O) groups excluding carboxylic acids is 1. The lowest BCUT2D eigenvalue weighted by atomic mass is 9.85. The van der Waals surface area contributed by atoms with Gasteiger partial charge in [-0.25, -0.2) is 0 Å². The molecule has 0 bridgehead atoms. The molecule has 4 rings (SSSR count). The summed E-state index contributed by atoms with van der Waals surface area (Å²) in [5.41, 5.74) is 0.789. The van der Waals surface area contributed by atoms with Crippen molar-refractivity contribution >= 4 is 5.91 Å². The zero-order valence-corrected chi connectivity index (χ0v) is 14.7. The van der Waals surface area contributed by atoms with Crippen LogP contribution in [0.5, 0.6) is 0 Å². The van der Waals surface area contributed by atoms with E-state index >= 15 is 0 Å². The Kier molecular flexibility index (Phi) is 5.01. The molecule has 1 amide bonds. The Labute approximate surface area is 149 Å². The maximum absolute atomic E-state index is 13.0. The number of pyridine rings is 1. The molecule has 3 aliphatic rings. The van der Waals surface area contributed by atoms with Crippen molar-refractivity contribution < 1.29 is 14.3 Å². The van der Waals surface area contributed by atoms with E-state index in [-0.39, 0.29) is 11.7 Å². The van der Waals surface area contributed by atoms with Crippen molar-refractivity contribution in [3.05, 3.63) is 30.1 Å². The summed E-state index contributed by atoms with van der Waals surface area (Å²) in [6, 6.07) is 5.88. The van der Waals surface area contributed by atoms with Crippen LogP contribution in [-0.2, 0) is 20.8 Å². The van der Waals surface area contributed by atoms with Gasteiger partial charge in [0.25, 0.3) is 0 Å². The van der Waals surface area contributed by atoms with Gasteiger partial charge >= 0.3 is 0 Å². The first-order chi connectivity index (χ1) is 12.3. The fourth-order valence-corrected chi connectivity index (χ4v) is 4.25. The Morgan fingerprint density at radius 3 is 2.84 bits per heavy atom. The molecule has 0 N–H and O–H groups in total. The van der Waals surface area contributed by atoms with Crippen molar-refractivity contribution in [2.45, 2.75) is 38.5 Å². The van der Waals surface area contributed by atoms with Crippen LogP contribution in [0.25, 0.3) is 0 Å². The molecule has 136 valence electrons. The van der Waals surface area contributed by atoms with Crippen LogP contribution in [0.1, 0.15) is 31.4 Å². The molecule has 1 unspecified atom stereocenters. The molecule has 4 heterocycles. The van der Waals surface area contributed by atoms with Crippen molar-refractivity contribution in [2.75, 3.05) is 39.4 Å². The zero-order valence-electron chi connectivity index (χ0n) is 14.7. The summed E-state index contributed by atoms with van der Waals surface area (Å²) < 4.78 is 11.3. The molecule has 3 saturated heterocycles. The third-order valence-electron chi connectivity index (χ3n) is 5.69. The highest BCUT2D eigenvalue weighted by Gasteiger charge is 2.50. The molecule has 0 aromatic carbocycles. The van der Waals surface area contributed by atoms with Crippen molar-refractivity contribution in [2.24, 2.45) is 5.41 Å². The Balaban J connectivity index is 1.30. The van der Waals surface area contributed by atoms with Crippen molar-refractivity contribution in [3.63, 3.8) is 0 Å². The van der Waals surface area contributed by atoms with Crippen LogP contribution < -0.4 is 0 Å². The number of hydrogen-bond acceptors (Lipinski definition) is 5. The summed E-state index contributed by atoms with van der Waals surface area (Å²) in [5, 5.41) is 0. The van der Waals surface area contributed by atoms with Gasteiger partial charge < -0.3 is 19.3 Å². The van der Waals surface area contributed by atoms with Gasteiger partial charge in [0, 0.05) is 32.3 Å². The maximum Gasteiger partial charge on any atom is 0.230 e. The molecule has 6 nitrogen and oxygen atoms in total. The summed E-state index contributed by atoms with van der Waals surface area (Å²) in [6.45, 7) is 5.89. The molecule has 3 fully saturated rings. The monoisotopic (exact) mass is 345 g/mol. The predicted molar refractivity (Wildman–Crippen MR) is 92.7 cm³/mol. The van der Waals surface area contributed by atoms with Crippen LogP contribution in [-0.4, -0.2) is 66.4 Å². The summed E-state index contributed by atoms with van der Waals surface area (Å²) in [4.78, 5) is 21.8.